The number of carbonyl (C=O) groups excluding carboxylic acids is 1. The lowest BCUT2D eigenvalue weighted by Crippen LogP contribution is -2.44. The second kappa shape index (κ2) is 3.99. The number of carbonyl (C=O) groups is 1. The Morgan fingerprint density at radius 3 is 2.94 bits per heavy atom. The van der Waals surface area contributed by atoms with Gasteiger partial charge >= 0.3 is 0 Å². The fourth-order valence-electron chi connectivity index (χ4n) is 2.04. The van der Waals surface area contributed by atoms with Crippen molar-refractivity contribution < 1.29 is 9.32 Å². The predicted molar refractivity (Wildman–Crippen MR) is 62.3 cm³/mol. The maximum Gasteiger partial charge on any atom is 0.282 e. The van der Waals surface area contributed by atoms with Crippen LogP contribution in [0.1, 0.15) is 31.0 Å². The lowest BCUT2D eigenvalue weighted by Gasteiger charge is -2.34. The summed E-state index contributed by atoms with van der Waals surface area (Å²) in [5.41, 5.74) is 5.71. The van der Waals surface area contributed by atoms with E-state index in [1.54, 1.807) is 4.90 Å². The molecule has 0 radical (unpaired) electrons. The normalized spacial score (nSPS) is 22.9. The molecule has 7 heteroatoms. The summed E-state index contributed by atoms with van der Waals surface area (Å²) in [7, 11) is 0. The van der Waals surface area contributed by atoms with Gasteiger partial charge in [0, 0.05) is 12.3 Å². The Labute approximate surface area is 103 Å². The molecule has 92 valence electrons. The summed E-state index contributed by atoms with van der Waals surface area (Å²) in [5, 5.41) is 4.00. The fraction of sp³-hybridized carbons (Fsp3) is 0.700. The SMILES string of the molecule is NC1(c2noc(CN3CCSC3=O)n2)CCC1. The fourth-order valence-corrected chi connectivity index (χ4v) is 2.86. The zero-order valence-corrected chi connectivity index (χ0v) is 10.2. The van der Waals surface area contributed by atoms with Gasteiger partial charge in [0.05, 0.1) is 5.54 Å². The molecule has 0 aromatic carbocycles. The first-order chi connectivity index (χ1) is 8.17. The van der Waals surface area contributed by atoms with Gasteiger partial charge in [0.2, 0.25) is 5.89 Å². The van der Waals surface area contributed by atoms with Crippen LogP contribution in [0.25, 0.3) is 0 Å². The minimum Gasteiger partial charge on any atom is -0.337 e. The standard InChI is InChI=1S/C10H14N4O2S/c11-10(2-1-3-10)8-12-7(16-13-8)6-14-4-5-17-9(14)15/h1-6,11H2. The van der Waals surface area contributed by atoms with Crippen LogP contribution in [0.3, 0.4) is 0 Å². The van der Waals surface area contributed by atoms with Gasteiger partial charge in [-0.2, -0.15) is 4.98 Å². The van der Waals surface area contributed by atoms with Crippen LogP contribution < -0.4 is 5.73 Å². The molecule has 1 saturated heterocycles. The molecule has 1 aliphatic heterocycles. The van der Waals surface area contributed by atoms with Crippen molar-refractivity contribution in [3.8, 4) is 0 Å². The topological polar surface area (TPSA) is 85.2 Å². The second-order valence-corrected chi connectivity index (χ2v) is 5.60. The molecule has 1 saturated carbocycles. The summed E-state index contributed by atoms with van der Waals surface area (Å²) in [6, 6.07) is 0. The van der Waals surface area contributed by atoms with Crippen molar-refractivity contribution in [2.24, 2.45) is 5.73 Å². The van der Waals surface area contributed by atoms with E-state index in [0.717, 1.165) is 31.6 Å². The van der Waals surface area contributed by atoms with Crippen LogP contribution in [0.5, 0.6) is 0 Å². The predicted octanol–water partition coefficient (Wildman–Crippen LogP) is 1.08. The van der Waals surface area contributed by atoms with Crippen LogP contribution in [0.2, 0.25) is 0 Å². The second-order valence-electron chi connectivity index (χ2n) is 4.56. The van der Waals surface area contributed by atoms with E-state index in [0.29, 0.717) is 18.3 Å². The van der Waals surface area contributed by atoms with E-state index in [1.807, 2.05) is 0 Å². The summed E-state index contributed by atoms with van der Waals surface area (Å²) in [6.07, 6.45) is 2.93. The Morgan fingerprint density at radius 1 is 1.53 bits per heavy atom. The molecule has 1 amide bonds. The van der Waals surface area contributed by atoms with Gasteiger partial charge in [-0.3, -0.25) is 4.79 Å². The van der Waals surface area contributed by atoms with Gasteiger partial charge in [0.1, 0.15) is 6.54 Å². The third kappa shape index (κ3) is 1.93. The summed E-state index contributed by atoms with van der Waals surface area (Å²) in [5.74, 6) is 1.89. The van der Waals surface area contributed by atoms with Crippen molar-refractivity contribution in [2.45, 2.75) is 31.3 Å². The zero-order valence-electron chi connectivity index (χ0n) is 9.39. The number of hydrogen-bond donors (Lipinski definition) is 1. The lowest BCUT2D eigenvalue weighted by molar-refractivity contribution is 0.216. The highest BCUT2D eigenvalue weighted by Crippen LogP contribution is 2.36. The zero-order chi connectivity index (χ0) is 11.9. The molecule has 6 nitrogen and oxygen atoms in total. The molecule has 17 heavy (non-hydrogen) atoms. The Bertz CT molecular complexity index is 443. The number of amides is 1. The summed E-state index contributed by atoms with van der Waals surface area (Å²) in [4.78, 5) is 17.4. The van der Waals surface area contributed by atoms with Crippen LogP contribution in [0.15, 0.2) is 4.52 Å². The monoisotopic (exact) mass is 254 g/mol. The molecule has 0 unspecified atom stereocenters. The van der Waals surface area contributed by atoms with E-state index in [9.17, 15) is 4.79 Å². The first-order valence-corrected chi connectivity index (χ1v) is 6.70. The number of rotatable bonds is 3. The van der Waals surface area contributed by atoms with Crippen molar-refractivity contribution >= 4 is 17.0 Å². The molecule has 2 aliphatic rings. The maximum atomic E-state index is 11.4. The molecule has 2 heterocycles. The Morgan fingerprint density at radius 2 is 2.35 bits per heavy atom. The first kappa shape index (κ1) is 11.0. The molecule has 1 aromatic heterocycles. The Balaban J connectivity index is 1.70. The average molecular weight is 254 g/mol. The van der Waals surface area contributed by atoms with Crippen molar-refractivity contribution in [3.63, 3.8) is 0 Å². The summed E-state index contributed by atoms with van der Waals surface area (Å²) in [6.45, 7) is 1.14. The highest BCUT2D eigenvalue weighted by atomic mass is 32.2. The largest absolute Gasteiger partial charge is 0.337 e. The van der Waals surface area contributed by atoms with Crippen molar-refractivity contribution in [1.29, 1.82) is 0 Å². The average Bonchev–Trinajstić information content (AvgIpc) is 2.87. The third-order valence-corrected chi connectivity index (χ3v) is 4.22. The van der Waals surface area contributed by atoms with Crippen LogP contribution in [-0.4, -0.2) is 32.6 Å². The molecule has 2 fully saturated rings. The van der Waals surface area contributed by atoms with E-state index in [1.165, 1.54) is 11.8 Å². The molecule has 0 spiro atoms. The summed E-state index contributed by atoms with van der Waals surface area (Å²) < 4.78 is 5.15. The molecule has 2 N–H and O–H groups in total. The lowest BCUT2D eigenvalue weighted by atomic mass is 9.77. The van der Waals surface area contributed by atoms with Gasteiger partial charge in [0.25, 0.3) is 5.24 Å². The Hall–Kier alpha value is -1.08. The van der Waals surface area contributed by atoms with Crippen LogP contribution >= 0.6 is 11.8 Å². The van der Waals surface area contributed by atoms with Crippen LogP contribution in [-0.2, 0) is 12.1 Å². The van der Waals surface area contributed by atoms with Crippen molar-refractivity contribution in [1.82, 2.24) is 15.0 Å². The smallest absolute Gasteiger partial charge is 0.282 e. The molecule has 1 aromatic rings. The van der Waals surface area contributed by atoms with Gasteiger partial charge in [-0.1, -0.05) is 16.9 Å². The van der Waals surface area contributed by atoms with E-state index in [2.05, 4.69) is 10.1 Å². The quantitative estimate of drug-likeness (QED) is 0.868. The molecule has 0 atom stereocenters. The number of nitrogens with zero attached hydrogens (tertiary/aromatic N) is 3. The van der Waals surface area contributed by atoms with Gasteiger partial charge in [0.15, 0.2) is 5.82 Å². The minimum atomic E-state index is -0.397. The van der Waals surface area contributed by atoms with Crippen molar-refractivity contribution in [3.05, 3.63) is 11.7 Å². The van der Waals surface area contributed by atoms with Crippen LogP contribution in [0.4, 0.5) is 4.79 Å². The Kier molecular flexibility index (Phi) is 2.59. The first-order valence-electron chi connectivity index (χ1n) is 5.71. The van der Waals surface area contributed by atoms with E-state index >= 15 is 0 Å². The number of aromatic nitrogens is 2. The highest BCUT2D eigenvalue weighted by molar-refractivity contribution is 8.13. The molecule has 1 aliphatic carbocycles. The number of thioether (sulfide) groups is 1. The molecular weight excluding hydrogens is 240 g/mol. The van der Waals surface area contributed by atoms with Crippen LogP contribution in [0, 0.1) is 0 Å². The molecular formula is C10H14N4O2S. The van der Waals surface area contributed by atoms with Crippen molar-refractivity contribution in [2.75, 3.05) is 12.3 Å². The van der Waals surface area contributed by atoms with Gasteiger partial charge in [-0.25, -0.2) is 0 Å². The van der Waals surface area contributed by atoms with Gasteiger partial charge in [-0.05, 0) is 19.3 Å². The molecule has 3 rings (SSSR count). The highest BCUT2D eigenvalue weighted by Gasteiger charge is 2.39. The third-order valence-electron chi connectivity index (χ3n) is 3.33. The number of hydrogen-bond acceptors (Lipinski definition) is 6. The molecule has 0 bridgehead atoms. The maximum absolute atomic E-state index is 11.4. The summed E-state index contributed by atoms with van der Waals surface area (Å²) >= 11 is 1.33. The number of nitrogens with two attached hydrogens (primary N) is 1. The van der Waals surface area contributed by atoms with E-state index in [-0.39, 0.29) is 5.24 Å². The van der Waals surface area contributed by atoms with Gasteiger partial charge in [-0.15, -0.1) is 0 Å². The van der Waals surface area contributed by atoms with E-state index < -0.39 is 5.54 Å². The van der Waals surface area contributed by atoms with Gasteiger partial charge < -0.3 is 15.2 Å². The minimum absolute atomic E-state index is 0.0795. The van der Waals surface area contributed by atoms with E-state index in [4.69, 9.17) is 10.3 Å².